The van der Waals surface area contributed by atoms with Gasteiger partial charge in [-0.25, -0.2) is 4.90 Å². The second-order valence-electron chi connectivity index (χ2n) is 9.11. The number of nitrogens with zero attached hydrogens (tertiary/aromatic N) is 3. The topological polar surface area (TPSA) is 79.7 Å². The Morgan fingerprint density at radius 3 is 2.44 bits per heavy atom. The summed E-state index contributed by atoms with van der Waals surface area (Å²) in [5.74, 6) is -1.61. The summed E-state index contributed by atoms with van der Waals surface area (Å²) in [5.41, 5.74) is 0.536. The molecule has 2 fully saturated rings. The molecule has 2 aromatic heterocycles. The number of amides is 3. The van der Waals surface area contributed by atoms with Crippen LogP contribution in [0, 0.1) is 5.92 Å². The van der Waals surface area contributed by atoms with Crippen LogP contribution >= 0.6 is 50.4 Å². The maximum Gasteiger partial charge on any atom is 0.308 e. The summed E-state index contributed by atoms with van der Waals surface area (Å²) < 4.78 is 2.39. The zero-order chi connectivity index (χ0) is 25.0. The van der Waals surface area contributed by atoms with Crippen molar-refractivity contribution >= 4 is 73.8 Å². The second-order valence-corrected chi connectivity index (χ2v) is 13.1. The highest BCUT2D eigenvalue weighted by atomic mass is 79.9. The predicted octanol–water partition coefficient (Wildman–Crippen LogP) is 4.54. The number of thiazole rings is 1. The number of benzene rings is 1. The van der Waals surface area contributed by atoms with Crippen LogP contribution in [0.1, 0.15) is 34.9 Å². The number of piperidine rings is 1. The number of aromatic nitrogens is 1. The zero-order valence-electron chi connectivity index (χ0n) is 19.1. The van der Waals surface area contributed by atoms with Crippen molar-refractivity contribution in [1.82, 2.24) is 9.47 Å². The largest absolute Gasteiger partial charge is 0.341 e. The molecule has 6 rings (SSSR count). The Bertz CT molecular complexity index is 1390. The molecular weight excluding hydrogens is 582 g/mol. The molecule has 0 N–H and O–H groups in total. The molecule has 11 heteroatoms. The fraction of sp³-hybridized carbons (Fsp3) is 0.360. The van der Waals surface area contributed by atoms with Gasteiger partial charge in [-0.05, 0) is 55.0 Å². The Morgan fingerprint density at radius 2 is 1.75 bits per heavy atom. The van der Waals surface area contributed by atoms with Crippen molar-refractivity contribution in [2.45, 2.75) is 42.0 Å². The highest BCUT2D eigenvalue weighted by Gasteiger charge is 2.57. The van der Waals surface area contributed by atoms with E-state index in [-0.39, 0.29) is 29.1 Å². The Hall–Kier alpha value is -2.21. The number of carbonyl (C=O) groups is 3. The van der Waals surface area contributed by atoms with Gasteiger partial charge in [-0.2, -0.15) is 0 Å². The first kappa shape index (κ1) is 24.1. The minimum absolute atomic E-state index is 0.0369. The quantitative estimate of drug-likeness (QED) is 0.409. The van der Waals surface area contributed by atoms with Crippen LogP contribution < -0.4 is 9.77 Å². The number of hydrogen-bond acceptors (Lipinski definition) is 7. The van der Waals surface area contributed by atoms with Gasteiger partial charge in [-0.1, -0.05) is 45.1 Å². The molecule has 3 amide bonds. The average molecular weight is 605 g/mol. The van der Waals surface area contributed by atoms with E-state index in [1.165, 1.54) is 32.6 Å². The van der Waals surface area contributed by atoms with E-state index < -0.39 is 17.1 Å². The normalized spacial score (nSPS) is 23.6. The van der Waals surface area contributed by atoms with Crippen molar-refractivity contribution in [2.75, 3.05) is 18.0 Å². The van der Waals surface area contributed by atoms with Crippen LogP contribution in [0.2, 0.25) is 0 Å². The molecule has 36 heavy (non-hydrogen) atoms. The van der Waals surface area contributed by atoms with Crippen LogP contribution in [0.25, 0.3) is 0 Å². The van der Waals surface area contributed by atoms with Gasteiger partial charge in [0.15, 0.2) is 0 Å². The van der Waals surface area contributed by atoms with Gasteiger partial charge in [0.25, 0.3) is 0 Å². The maximum atomic E-state index is 13.8. The summed E-state index contributed by atoms with van der Waals surface area (Å²) in [6, 6.07) is 11.0. The summed E-state index contributed by atoms with van der Waals surface area (Å²) in [7, 11) is 0. The Morgan fingerprint density at radius 1 is 1.00 bits per heavy atom. The van der Waals surface area contributed by atoms with Crippen molar-refractivity contribution in [3.8, 4) is 0 Å². The van der Waals surface area contributed by atoms with Crippen LogP contribution in [-0.2, 0) is 20.9 Å². The van der Waals surface area contributed by atoms with Crippen LogP contribution in [0.5, 0.6) is 0 Å². The smallest absolute Gasteiger partial charge is 0.308 e. The number of rotatable bonds is 4. The van der Waals surface area contributed by atoms with E-state index in [9.17, 15) is 19.2 Å². The van der Waals surface area contributed by atoms with Crippen LogP contribution in [0.15, 0.2) is 56.1 Å². The van der Waals surface area contributed by atoms with Crippen LogP contribution in [0.4, 0.5) is 5.69 Å². The third-order valence-electron chi connectivity index (χ3n) is 6.99. The van der Waals surface area contributed by atoms with E-state index >= 15 is 0 Å². The molecule has 1 aromatic carbocycles. The molecule has 3 aliphatic heterocycles. The summed E-state index contributed by atoms with van der Waals surface area (Å²) in [4.78, 5) is 58.3. The minimum Gasteiger partial charge on any atom is -0.341 e. The van der Waals surface area contributed by atoms with Gasteiger partial charge >= 0.3 is 4.87 Å². The lowest BCUT2D eigenvalue weighted by molar-refractivity contribution is -0.133. The molecule has 0 spiro atoms. The number of imide groups is 1. The SMILES string of the molecule is O=C(Cn1c2c(sc1=O)[C@@H](c1cccs1)[C@@H]1C(=O)N(c3ccc(Br)cc3)C(=O)[C@@H]1S2)N1CCCCC1. The molecule has 3 aromatic rings. The first-order chi connectivity index (χ1) is 17.4. The maximum absolute atomic E-state index is 13.8. The number of thiophene rings is 1. The summed E-state index contributed by atoms with van der Waals surface area (Å²) in [6.07, 6.45) is 3.07. The lowest BCUT2D eigenvalue weighted by atomic mass is 9.87. The van der Waals surface area contributed by atoms with Gasteiger partial charge in [0.05, 0.1) is 16.6 Å². The summed E-state index contributed by atoms with van der Waals surface area (Å²) >= 11 is 7.29. The fourth-order valence-corrected chi connectivity index (χ4v) is 9.24. The number of carbonyl (C=O) groups excluding carboxylic acids is 3. The van der Waals surface area contributed by atoms with Crippen molar-refractivity contribution in [3.63, 3.8) is 0 Å². The number of anilines is 1. The molecule has 0 radical (unpaired) electrons. The summed E-state index contributed by atoms with van der Waals surface area (Å²) in [6.45, 7) is 1.39. The molecule has 2 saturated heterocycles. The Balaban J connectivity index is 1.41. The molecule has 3 atom stereocenters. The first-order valence-electron chi connectivity index (χ1n) is 11.8. The number of fused-ring (bicyclic) bond motifs is 2. The molecule has 5 heterocycles. The van der Waals surface area contributed by atoms with E-state index in [2.05, 4.69) is 15.9 Å². The number of halogens is 1. The van der Waals surface area contributed by atoms with E-state index in [1.807, 2.05) is 34.5 Å². The lowest BCUT2D eigenvalue weighted by Crippen LogP contribution is -2.39. The van der Waals surface area contributed by atoms with E-state index in [4.69, 9.17) is 0 Å². The van der Waals surface area contributed by atoms with Crippen molar-refractivity contribution in [3.05, 3.63) is 65.7 Å². The highest BCUT2D eigenvalue weighted by Crippen LogP contribution is 2.54. The molecule has 3 aliphatic rings. The lowest BCUT2D eigenvalue weighted by Gasteiger charge is -2.30. The van der Waals surface area contributed by atoms with Crippen LogP contribution in [-0.4, -0.2) is 45.5 Å². The monoisotopic (exact) mass is 603 g/mol. The van der Waals surface area contributed by atoms with Gasteiger partial charge in [-0.3, -0.25) is 23.7 Å². The van der Waals surface area contributed by atoms with Gasteiger partial charge in [0.2, 0.25) is 17.7 Å². The number of hydrogen-bond donors (Lipinski definition) is 0. The van der Waals surface area contributed by atoms with Gasteiger partial charge in [-0.15, -0.1) is 11.3 Å². The van der Waals surface area contributed by atoms with Crippen molar-refractivity contribution in [1.29, 1.82) is 0 Å². The molecule has 0 aliphatic carbocycles. The van der Waals surface area contributed by atoms with E-state index in [1.54, 1.807) is 12.1 Å². The van der Waals surface area contributed by atoms with Gasteiger partial charge in [0, 0.05) is 33.2 Å². The van der Waals surface area contributed by atoms with Crippen LogP contribution in [0.3, 0.4) is 0 Å². The third-order valence-corrected chi connectivity index (χ3v) is 11.1. The Labute approximate surface area is 228 Å². The number of thioether (sulfide) groups is 1. The second kappa shape index (κ2) is 9.59. The molecule has 186 valence electrons. The molecule has 0 bridgehead atoms. The molecule has 0 saturated carbocycles. The Kier molecular flexibility index (Phi) is 6.43. The zero-order valence-corrected chi connectivity index (χ0v) is 23.1. The predicted molar refractivity (Wildman–Crippen MR) is 145 cm³/mol. The van der Waals surface area contributed by atoms with Crippen molar-refractivity contribution in [2.24, 2.45) is 5.92 Å². The number of likely N-dealkylation sites (tertiary alicyclic amines) is 1. The van der Waals surface area contributed by atoms with E-state index in [0.29, 0.717) is 23.8 Å². The summed E-state index contributed by atoms with van der Waals surface area (Å²) in [5, 5.41) is 1.93. The standard InChI is InChI=1S/C25H22BrN3O4S3/c26-14-6-8-15(9-7-14)29-22(31)19-18(16-5-4-12-34-16)21-24(35-20(19)23(29)32)28(25(33)36-21)13-17(30)27-10-2-1-3-11-27/h4-9,12,18-20H,1-3,10-11,13H2/t18-,19-,20+/m0/s1. The van der Waals surface area contributed by atoms with Crippen molar-refractivity contribution < 1.29 is 14.4 Å². The molecular formula is C25H22BrN3O4S3. The van der Waals surface area contributed by atoms with Gasteiger partial charge in [0.1, 0.15) is 11.8 Å². The molecule has 7 nitrogen and oxygen atoms in total. The first-order valence-corrected chi connectivity index (χ1v) is 15.2. The average Bonchev–Trinajstić information content (AvgIpc) is 3.58. The minimum atomic E-state index is -0.661. The fourth-order valence-electron chi connectivity index (χ4n) is 5.25. The third kappa shape index (κ3) is 4.00. The van der Waals surface area contributed by atoms with Gasteiger partial charge < -0.3 is 4.90 Å². The molecule has 0 unspecified atom stereocenters. The highest BCUT2D eigenvalue weighted by molar-refractivity contribution is 9.10. The van der Waals surface area contributed by atoms with E-state index in [0.717, 1.165) is 44.8 Å².